The number of hydrogen-bond donors (Lipinski definition) is 2. The Balaban J connectivity index is 1.20. The van der Waals surface area contributed by atoms with Crippen LogP contribution in [0.15, 0.2) is 79.4 Å². The molecule has 1 aliphatic heterocycles. The molecule has 1 aromatic heterocycles. The van der Waals surface area contributed by atoms with Gasteiger partial charge in [0.2, 0.25) is 0 Å². The number of aliphatic hydroxyl groups is 1. The van der Waals surface area contributed by atoms with Crippen LogP contribution < -0.4 is 5.32 Å². The van der Waals surface area contributed by atoms with Crippen molar-refractivity contribution in [3.63, 3.8) is 0 Å². The van der Waals surface area contributed by atoms with E-state index in [0.29, 0.717) is 30.9 Å². The molecular weight excluding hydrogens is 537 g/mol. The Bertz CT molecular complexity index is 1460. The van der Waals surface area contributed by atoms with Crippen molar-refractivity contribution in [3.05, 3.63) is 114 Å². The normalized spacial score (nSPS) is 19.3. The van der Waals surface area contributed by atoms with Gasteiger partial charge in [-0.1, -0.05) is 25.1 Å². The molecule has 2 unspecified atom stereocenters. The third-order valence-electron chi connectivity index (χ3n) is 7.28. The molecule has 1 aliphatic rings. The molecule has 1 fully saturated rings. The highest BCUT2D eigenvalue weighted by atomic mass is 19.1. The van der Waals surface area contributed by atoms with Crippen LogP contribution in [-0.4, -0.2) is 39.0 Å². The average molecular weight is 567 g/mol. The van der Waals surface area contributed by atoms with Gasteiger partial charge in [0.25, 0.3) is 5.91 Å². The molecule has 2 heterocycles. The van der Waals surface area contributed by atoms with Crippen LogP contribution in [0, 0.1) is 29.3 Å². The van der Waals surface area contributed by atoms with Crippen molar-refractivity contribution in [1.29, 1.82) is 0 Å². The van der Waals surface area contributed by atoms with Gasteiger partial charge in [0.1, 0.15) is 35.7 Å². The third kappa shape index (κ3) is 6.64. The minimum atomic E-state index is -1.70. The van der Waals surface area contributed by atoms with E-state index in [1.807, 2.05) is 0 Å². The van der Waals surface area contributed by atoms with Crippen LogP contribution >= 0.6 is 0 Å². The fraction of sp³-hybridized carbons (Fsp3) is 0.300. The number of hydrogen-bond acceptors (Lipinski definition) is 6. The molecule has 11 heteroatoms. The first-order valence-electron chi connectivity index (χ1n) is 13.1. The first-order chi connectivity index (χ1) is 19.7. The van der Waals surface area contributed by atoms with Crippen LogP contribution in [0.25, 0.3) is 0 Å². The molecule has 1 amide bonds. The number of amides is 1. The number of anilines is 1. The molecule has 214 valence electrons. The summed E-state index contributed by atoms with van der Waals surface area (Å²) in [7, 11) is 0. The average Bonchev–Trinajstić information content (AvgIpc) is 3.47. The molecule has 5 rings (SSSR count). The Labute approximate surface area is 234 Å². The van der Waals surface area contributed by atoms with Gasteiger partial charge in [0.15, 0.2) is 6.29 Å². The lowest BCUT2D eigenvalue weighted by Crippen LogP contribution is -2.41. The number of ether oxygens (including phenoxy) is 2. The summed E-state index contributed by atoms with van der Waals surface area (Å²) in [4.78, 5) is 16.4. The van der Waals surface area contributed by atoms with E-state index < -0.39 is 29.4 Å². The molecule has 8 nitrogen and oxygen atoms in total. The van der Waals surface area contributed by atoms with E-state index >= 15 is 0 Å². The first-order valence-corrected chi connectivity index (χ1v) is 13.1. The van der Waals surface area contributed by atoms with Gasteiger partial charge in [-0.05, 0) is 54.8 Å². The molecule has 0 bridgehead atoms. The van der Waals surface area contributed by atoms with Crippen molar-refractivity contribution in [2.45, 2.75) is 31.8 Å². The quantitative estimate of drug-likeness (QED) is 0.288. The number of carbonyl (C=O) groups is 1. The Morgan fingerprint density at radius 1 is 1.05 bits per heavy atom. The molecule has 3 aromatic carbocycles. The lowest BCUT2D eigenvalue weighted by Gasteiger charge is -2.38. The summed E-state index contributed by atoms with van der Waals surface area (Å²) in [5.41, 5.74) is -0.102. The summed E-state index contributed by atoms with van der Waals surface area (Å²) >= 11 is 0. The van der Waals surface area contributed by atoms with Crippen LogP contribution in [0.2, 0.25) is 0 Å². The fourth-order valence-corrected chi connectivity index (χ4v) is 5.00. The largest absolute Gasteiger partial charge is 0.383 e. The number of benzene rings is 3. The van der Waals surface area contributed by atoms with Crippen LogP contribution in [0.4, 0.5) is 18.9 Å². The predicted octanol–water partition coefficient (Wildman–Crippen LogP) is 5.22. The van der Waals surface area contributed by atoms with Crippen molar-refractivity contribution in [2.24, 2.45) is 11.8 Å². The van der Waals surface area contributed by atoms with Crippen molar-refractivity contribution < 1.29 is 32.5 Å². The highest BCUT2D eigenvalue weighted by Crippen LogP contribution is 2.38. The van der Waals surface area contributed by atoms with Crippen LogP contribution in [0.3, 0.4) is 0 Å². The number of halogens is 3. The maximum atomic E-state index is 14.8. The van der Waals surface area contributed by atoms with E-state index in [4.69, 9.17) is 9.47 Å². The highest BCUT2D eigenvalue weighted by Gasteiger charge is 2.40. The van der Waals surface area contributed by atoms with E-state index in [2.05, 4.69) is 15.4 Å². The number of carbonyl (C=O) groups excluding carboxylic acids is 1. The zero-order chi connectivity index (χ0) is 29.0. The van der Waals surface area contributed by atoms with E-state index in [0.717, 1.165) is 17.7 Å². The summed E-state index contributed by atoms with van der Waals surface area (Å²) in [6, 6.07) is 15.4. The molecule has 41 heavy (non-hydrogen) atoms. The van der Waals surface area contributed by atoms with Gasteiger partial charge in [-0.15, -0.1) is 0 Å². The van der Waals surface area contributed by atoms with E-state index in [-0.39, 0.29) is 29.8 Å². The number of nitrogens with one attached hydrogen (secondary N) is 1. The molecular formula is C30H29F3N4O4. The van der Waals surface area contributed by atoms with Crippen molar-refractivity contribution in [1.82, 2.24) is 14.8 Å². The Hall–Kier alpha value is -4.06. The number of aromatic nitrogens is 3. The van der Waals surface area contributed by atoms with Crippen LogP contribution in [0.1, 0.15) is 41.1 Å². The Morgan fingerprint density at radius 2 is 1.73 bits per heavy atom. The summed E-state index contributed by atoms with van der Waals surface area (Å²) in [5, 5.41) is 18.5. The van der Waals surface area contributed by atoms with Crippen molar-refractivity contribution in [3.8, 4) is 0 Å². The summed E-state index contributed by atoms with van der Waals surface area (Å²) < 4.78 is 54.9. The number of rotatable bonds is 9. The minimum Gasteiger partial charge on any atom is -0.383 e. The van der Waals surface area contributed by atoms with Gasteiger partial charge in [0, 0.05) is 34.4 Å². The molecule has 4 aromatic rings. The molecule has 2 N–H and O–H groups in total. The lowest BCUT2D eigenvalue weighted by atomic mass is 9.77. The molecule has 0 saturated carbocycles. The Morgan fingerprint density at radius 3 is 2.37 bits per heavy atom. The van der Waals surface area contributed by atoms with Crippen LogP contribution in [0.5, 0.6) is 0 Å². The summed E-state index contributed by atoms with van der Waals surface area (Å²) in [5.74, 6) is -2.89. The van der Waals surface area contributed by atoms with E-state index in [1.54, 1.807) is 31.2 Å². The molecule has 0 radical (unpaired) electrons. The lowest BCUT2D eigenvalue weighted by molar-refractivity contribution is -0.210. The van der Waals surface area contributed by atoms with Crippen molar-refractivity contribution in [2.75, 3.05) is 18.5 Å². The summed E-state index contributed by atoms with van der Waals surface area (Å²) in [6.07, 6.45) is 2.53. The van der Waals surface area contributed by atoms with E-state index in [9.17, 15) is 23.1 Å². The third-order valence-corrected chi connectivity index (χ3v) is 7.28. The topological polar surface area (TPSA) is 98.5 Å². The molecule has 1 saturated heterocycles. The molecule has 0 aliphatic carbocycles. The maximum Gasteiger partial charge on any atom is 0.255 e. The van der Waals surface area contributed by atoms with Crippen LogP contribution in [-0.2, 0) is 21.6 Å². The Kier molecular flexibility index (Phi) is 8.48. The monoisotopic (exact) mass is 566 g/mol. The smallest absolute Gasteiger partial charge is 0.255 e. The standard InChI is InChI=1S/C30H29F3N4O4/c1-19(30(39,16-37-18-34-17-35-37)26-11-8-24(32)13-27(26)33)12-20-14-40-29(41-15-20)22-4-2-21(3-5-22)28(38)36-25-9-6-23(31)7-10-25/h2-11,13,17-20,29,39H,12,14-16H2,1H3,(H,36,38). The predicted molar refractivity (Wildman–Crippen MR) is 143 cm³/mol. The fourth-order valence-electron chi connectivity index (χ4n) is 5.00. The number of nitrogens with zero attached hydrogens (tertiary/aromatic N) is 3. The van der Waals surface area contributed by atoms with Gasteiger partial charge in [-0.3, -0.25) is 4.79 Å². The summed E-state index contributed by atoms with van der Waals surface area (Å²) in [6.45, 7) is 2.37. The minimum absolute atomic E-state index is 0.0269. The second kappa shape index (κ2) is 12.2. The van der Waals surface area contributed by atoms with Gasteiger partial charge in [-0.2, -0.15) is 5.10 Å². The van der Waals surface area contributed by atoms with Crippen molar-refractivity contribution >= 4 is 11.6 Å². The highest BCUT2D eigenvalue weighted by molar-refractivity contribution is 6.04. The first kappa shape index (κ1) is 28.5. The zero-order valence-electron chi connectivity index (χ0n) is 22.2. The van der Waals surface area contributed by atoms with Gasteiger partial charge >= 0.3 is 0 Å². The SMILES string of the molecule is CC(CC1COC(c2ccc(C(=O)Nc3ccc(F)cc3)cc2)OC1)C(O)(Cn1cncn1)c1ccc(F)cc1F. The molecule has 2 atom stereocenters. The van der Waals surface area contributed by atoms with E-state index in [1.165, 1.54) is 47.7 Å². The zero-order valence-corrected chi connectivity index (χ0v) is 22.2. The second-order valence-corrected chi connectivity index (χ2v) is 10.2. The maximum absolute atomic E-state index is 14.8. The van der Waals surface area contributed by atoms with Gasteiger partial charge in [-0.25, -0.2) is 22.8 Å². The second-order valence-electron chi connectivity index (χ2n) is 10.2. The molecule has 0 spiro atoms. The van der Waals surface area contributed by atoms with Gasteiger partial charge in [0.05, 0.1) is 19.8 Å². The van der Waals surface area contributed by atoms with Gasteiger partial charge < -0.3 is 19.9 Å².